The Bertz CT molecular complexity index is 1170. The summed E-state index contributed by atoms with van der Waals surface area (Å²) in [6.07, 6.45) is 0. The van der Waals surface area contributed by atoms with Crippen LogP contribution in [0.3, 0.4) is 0 Å². The van der Waals surface area contributed by atoms with E-state index in [1.807, 2.05) is 24.4 Å². The van der Waals surface area contributed by atoms with E-state index in [0.29, 0.717) is 12.1 Å². The number of nitrogens with zero attached hydrogens (tertiary/aromatic N) is 1. The molecule has 33 heavy (non-hydrogen) atoms. The van der Waals surface area contributed by atoms with E-state index in [1.165, 1.54) is 11.3 Å². The van der Waals surface area contributed by atoms with Crippen molar-refractivity contribution < 1.29 is 32.6 Å². The number of benzene rings is 1. The molecule has 0 saturated heterocycles. The van der Waals surface area contributed by atoms with Gasteiger partial charge in [0.2, 0.25) is 0 Å². The fourth-order valence-electron chi connectivity index (χ4n) is 3.27. The summed E-state index contributed by atoms with van der Waals surface area (Å²) in [4.78, 5) is 38.3. The Morgan fingerprint density at radius 2 is 1.67 bits per heavy atom. The Hall–Kier alpha value is -3.53. The van der Waals surface area contributed by atoms with Gasteiger partial charge in [0.1, 0.15) is 28.6 Å². The minimum Gasteiger partial charge on any atom is -0.462 e. The third-order valence-corrected chi connectivity index (χ3v) is 5.82. The number of anilines is 1. The minimum atomic E-state index is -1.31. The van der Waals surface area contributed by atoms with E-state index in [-0.39, 0.29) is 18.0 Å². The molecule has 10 heteroatoms. The summed E-state index contributed by atoms with van der Waals surface area (Å²) in [5.74, 6) is -4.70. The van der Waals surface area contributed by atoms with Gasteiger partial charge in [-0.25, -0.2) is 18.4 Å². The lowest BCUT2D eigenvalue weighted by Gasteiger charge is -2.14. The van der Waals surface area contributed by atoms with Gasteiger partial charge >= 0.3 is 11.9 Å². The molecule has 2 heterocycles. The van der Waals surface area contributed by atoms with Crippen molar-refractivity contribution in [2.75, 3.05) is 18.5 Å². The molecular weight excluding hydrogens is 454 g/mol. The molecule has 0 spiro atoms. The molecule has 0 unspecified atom stereocenters. The number of carbonyl (C=O) groups excluding carboxylic acids is 3. The van der Waals surface area contributed by atoms with Crippen molar-refractivity contribution >= 4 is 35.0 Å². The third kappa shape index (κ3) is 5.28. The minimum absolute atomic E-state index is 0.145. The number of thiophene rings is 1. The van der Waals surface area contributed by atoms with Gasteiger partial charge in [-0.15, -0.1) is 11.3 Å². The number of rotatable bonds is 8. The largest absolute Gasteiger partial charge is 0.462 e. The van der Waals surface area contributed by atoms with Gasteiger partial charge in [-0.2, -0.15) is 0 Å². The van der Waals surface area contributed by atoms with Crippen LogP contribution in [-0.2, 0) is 20.8 Å². The fourth-order valence-corrected chi connectivity index (χ4v) is 3.96. The molecule has 1 aromatic carbocycles. The average molecular weight is 477 g/mol. The van der Waals surface area contributed by atoms with Gasteiger partial charge in [0.05, 0.1) is 13.2 Å². The molecule has 3 rings (SSSR count). The number of ether oxygens (including phenoxy) is 2. The number of aromatic nitrogens is 1. The SMILES string of the molecule is CCOC(=O)c1c(C)c(C)n(Cc2cccs2)c1NC(=O)COC(=O)c1c(F)cccc1F. The van der Waals surface area contributed by atoms with Crippen LogP contribution in [0.2, 0.25) is 0 Å². The molecule has 0 aliphatic heterocycles. The number of amides is 1. The first-order valence-corrected chi connectivity index (χ1v) is 10.9. The summed E-state index contributed by atoms with van der Waals surface area (Å²) in [5.41, 5.74) is 0.675. The summed E-state index contributed by atoms with van der Waals surface area (Å²) >= 11 is 1.51. The van der Waals surface area contributed by atoms with Crippen LogP contribution >= 0.6 is 11.3 Å². The number of hydrogen-bond donors (Lipinski definition) is 1. The summed E-state index contributed by atoms with van der Waals surface area (Å²) in [6.45, 7) is 4.94. The molecule has 1 amide bonds. The molecule has 0 saturated carbocycles. The number of hydrogen-bond acceptors (Lipinski definition) is 6. The van der Waals surface area contributed by atoms with E-state index < -0.39 is 41.7 Å². The second kappa shape index (κ2) is 10.4. The summed E-state index contributed by atoms with van der Waals surface area (Å²) in [6, 6.07) is 6.73. The van der Waals surface area contributed by atoms with Crippen molar-refractivity contribution in [2.24, 2.45) is 0 Å². The van der Waals surface area contributed by atoms with Gasteiger partial charge in [-0.3, -0.25) is 4.79 Å². The van der Waals surface area contributed by atoms with E-state index in [2.05, 4.69) is 5.32 Å². The average Bonchev–Trinajstić information content (AvgIpc) is 3.35. The normalized spacial score (nSPS) is 10.7. The van der Waals surface area contributed by atoms with Crippen LogP contribution in [0.5, 0.6) is 0 Å². The Morgan fingerprint density at radius 1 is 1.00 bits per heavy atom. The maximum absolute atomic E-state index is 13.8. The Balaban J connectivity index is 1.84. The Morgan fingerprint density at radius 3 is 2.27 bits per heavy atom. The zero-order valence-electron chi connectivity index (χ0n) is 18.2. The van der Waals surface area contributed by atoms with Crippen molar-refractivity contribution in [3.8, 4) is 0 Å². The highest BCUT2D eigenvalue weighted by Crippen LogP contribution is 2.29. The lowest BCUT2D eigenvalue weighted by molar-refractivity contribution is -0.119. The van der Waals surface area contributed by atoms with Gasteiger partial charge in [0.25, 0.3) is 5.91 Å². The predicted molar refractivity (Wildman–Crippen MR) is 119 cm³/mol. The monoisotopic (exact) mass is 476 g/mol. The number of carbonyl (C=O) groups is 3. The van der Waals surface area contributed by atoms with Crippen LogP contribution in [0.15, 0.2) is 35.7 Å². The van der Waals surface area contributed by atoms with E-state index in [0.717, 1.165) is 28.8 Å². The van der Waals surface area contributed by atoms with Gasteiger partial charge in [-0.05, 0) is 49.9 Å². The lowest BCUT2D eigenvalue weighted by Crippen LogP contribution is -2.24. The zero-order chi connectivity index (χ0) is 24.1. The highest BCUT2D eigenvalue weighted by Gasteiger charge is 2.26. The molecule has 3 aromatic rings. The smallest absolute Gasteiger partial charge is 0.344 e. The van der Waals surface area contributed by atoms with Gasteiger partial charge in [0.15, 0.2) is 6.61 Å². The quantitative estimate of drug-likeness (QED) is 0.485. The second-order valence-corrected chi connectivity index (χ2v) is 8.07. The van der Waals surface area contributed by atoms with Crippen LogP contribution in [0.4, 0.5) is 14.6 Å². The molecule has 0 atom stereocenters. The molecule has 0 aliphatic rings. The van der Waals surface area contributed by atoms with Crippen LogP contribution in [0, 0.1) is 25.5 Å². The second-order valence-electron chi connectivity index (χ2n) is 7.04. The van der Waals surface area contributed by atoms with Crippen LogP contribution < -0.4 is 5.32 Å². The van der Waals surface area contributed by atoms with Gasteiger partial charge in [0, 0.05) is 10.6 Å². The van der Waals surface area contributed by atoms with Crippen molar-refractivity contribution in [2.45, 2.75) is 27.3 Å². The van der Waals surface area contributed by atoms with Gasteiger partial charge < -0.3 is 19.4 Å². The summed E-state index contributed by atoms with van der Waals surface area (Å²) < 4.78 is 39.2. The topological polar surface area (TPSA) is 86.6 Å². The standard InChI is InChI=1S/C23H22F2N2O5S/c1-4-31-22(29)19-13(2)14(3)27(11-15-7-6-10-33-15)21(19)26-18(28)12-32-23(30)20-16(24)8-5-9-17(20)25/h5-10H,4,11-12H2,1-3H3,(H,26,28). The third-order valence-electron chi connectivity index (χ3n) is 4.96. The van der Waals surface area contributed by atoms with E-state index in [1.54, 1.807) is 18.4 Å². The fraction of sp³-hybridized carbons (Fsp3) is 0.261. The Labute approximate surface area is 192 Å². The maximum Gasteiger partial charge on any atom is 0.344 e. The Kier molecular flexibility index (Phi) is 7.59. The number of esters is 2. The first kappa shape index (κ1) is 24.1. The molecule has 0 radical (unpaired) electrons. The molecule has 1 N–H and O–H groups in total. The van der Waals surface area contributed by atoms with Crippen LogP contribution in [-0.4, -0.2) is 35.6 Å². The first-order chi connectivity index (χ1) is 15.7. The van der Waals surface area contributed by atoms with E-state index in [9.17, 15) is 23.2 Å². The molecule has 174 valence electrons. The number of halogens is 2. The van der Waals surface area contributed by atoms with Crippen LogP contribution in [0.25, 0.3) is 0 Å². The van der Waals surface area contributed by atoms with Crippen molar-refractivity contribution in [1.29, 1.82) is 0 Å². The summed E-state index contributed by atoms with van der Waals surface area (Å²) in [5, 5.41) is 4.50. The molecule has 0 aliphatic carbocycles. The van der Waals surface area contributed by atoms with Crippen LogP contribution in [0.1, 0.15) is 43.8 Å². The highest BCUT2D eigenvalue weighted by atomic mass is 32.1. The van der Waals surface area contributed by atoms with Gasteiger partial charge in [-0.1, -0.05) is 12.1 Å². The molecule has 0 fully saturated rings. The zero-order valence-corrected chi connectivity index (χ0v) is 19.1. The molecule has 2 aromatic heterocycles. The highest BCUT2D eigenvalue weighted by molar-refractivity contribution is 7.09. The molecule has 0 bridgehead atoms. The lowest BCUT2D eigenvalue weighted by atomic mass is 10.1. The number of nitrogens with one attached hydrogen (secondary N) is 1. The van der Waals surface area contributed by atoms with E-state index >= 15 is 0 Å². The first-order valence-electron chi connectivity index (χ1n) is 10.0. The van der Waals surface area contributed by atoms with E-state index in [4.69, 9.17) is 9.47 Å². The predicted octanol–water partition coefficient (Wildman–Crippen LogP) is 4.47. The summed E-state index contributed by atoms with van der Waals surface area (Å²) in [7, 11) is 0. The van der Waals surface area contributed by atoms with Crippen molar-refractivity contribution in [1.82, 2.24) is 4.57 Å². The van der Waals surface area contributed by atoms with Crippen molar-refractivity contribution in [3.05, 3.63) is 74.6 Å². The van der Waals surface area contributed by atoms with Crippen molar-refractivity contribution in [3.63, 3.8) is 0 Å². The maximum atomic E-state index is 13.8. The molecular formula is C23H22F2N2O5S. The molecule has 7 nitrogen and oxygen atoms in total.